The highest BCUT2D eigenvalue weighted by Crippen LogP contribution is 2.41. The first-order chi connectivity index (χ1) is 11.0. The van der Waals surface area contributed by atoms with Gasteiger partial charge in [0.05, 0.1) is 6.61 Å². The summed E-state index contributed by atoms with van der Waals surface area (Å²) in [5, 5.41) is 9.39. The van der Waals surface area contributed by atoms with Gasteiger partial charge in [0.2, 0.25) is 0 Å². The van der Waals surface area contributed by atoms with Crippen molar-refractivity contribution in [3.05, 3.63) is 33.1 Å². The maximum atomic E-state index is 15.0. The number of aromatic amines is 1. The second-order valence-electron chi connectivity index (χ2n) is 7.55. The highest BCUT2D eigenvalue weighted by molar-refractivity contribution is 6.74. The zero-order valence-corrected chi connectivity index (χ0v) is 15.6. The number of ether oxygens (including phenoxy) is 1. The summed E-state index contributed by atoms with van der Waals surface area (Å²) in [6, 6.07) is 1.12. The van der Waals surface area contributed by atoms with Gasteiger partial charge in [-0.1, -0.05) is 20.8 Å². The Morgan fingerprint density at radius 3 is 2.54 bits per heavy atom. The van der Waals surface area contributed by atoms with Crippen molar-refractivity contribution in [2.24, 2.45) is 0 Å². The lowest BCUT2D eigenvalue weighted by Crippen LogP contribution is -2.49. The van der Waals surface area contributed by atoms with Crippen molar-refractivity contribution in [1.29, 1.82) is 0 Å². The maximum absolute atomic E-state index is 15.0. The molecule has 2 N–H and O–H groups in total. The second kappa shape index (κ2) is 6.55. The first-order valence-electron chi connectivity index (χ1n) is 7.87. The average molecular weight is 360 g/mol. The molecule has 0 spiro atoms. The molecule has 0 amide bonds. The van der Waals surface area contributed by atoms with E-state index in [1.807, 2.05) is 33.9 Å². The van der Waals surface area contributed by atoms with Gasteiger partial charge in [-0.15, -0.1) is 0 Å². The summed E-state index contributed by atoms with van der Waals surface area (Å²) in [7, 11) is -2.30. The van der Waals surface area contributed by atoms with E-state index in [-0.39, 0.29) is 5.04 Å². The van der Waals surface area contributed by atoms with Gasteiger partial charge in [0.1, 0.15) is 12.2 Å². The fraction of sp³-hybridized carbons (Fsp3) is 0.733. The van der Waals surface area contributed by atoms with Crippen LogP contribution in [-0.4, -0.2) is 48.0 Å². The molecule has 0 radical (unpaired) electrons. The Morgan fingerprint density at radius 1 is 1.42 bits per heavy atom. The molecule has 7 nitrogen and oxygen atoms in total. The van der Waals surface area contributed by atoms with E-state index in [1.54, 1.807) is 0 Å². The van der Waals surface area contributed by atoms with Crippen LogP contribution in [0.5, 0.6) is 0 Å². The van der Waals surface area contributed by atoms with Crippen LogP contribution in [-0.2, 0) is 9.16 Å². The Labute approximate surface area is 140 Å². The molecule has 1 aliphatic rings. The molecule has 1 aromatic rings. The fourth-order valence-corrected chi connectivity index (χ4v) is 3.67. The van der Waals surface area contributed by atoms with Crippen molar-refractivity contribution in [2.45, 2.75) is 63.5 Å². The third-order valence-electron chi connectivity index (χ3n) is 4.81. The number of nitrogens with zero attached hydrogens (tertiary/aromatic N) is 1. The summed E-state index contributed by atoms with van der Waals surface area (Å²) in [6.07, 6.45) is -3.56. The van der Waals surface area contributed by atoms with E-state index >= 15 is 0 Å². The number of hydrogen-bond acceptors (Lipinski definition) is 5. The SMILES string of the molecule is CC(C)(C)[Si](C)(C)OC1[C@@H](F)[C@H](n2ccc(=O)[nH]c2=O)O[C@@H]1CO. The smallest absolute Gasteiger partial charge is 0.330 e. The van der Waals surface area contributed by atoms with Crippen LogP contribution in [0.4, 0.5) is 4.39 Å². The fourth-order valence-electron chi connectivity index (χ4n) is 2.35. The molecule has 1 fully saturated rings. The van der Waals surface area contributed by atoms with Crippen LogP contribution in [0.3, 0.4) is 0 Å². The summed E-state index contributed by atoms with van der Waals surface area (Å²) in [6.45, 7) is 9.62. The van der Waals surface area contributed by atoms with Crippen molar-refractivity contribution in [1.82, 2.24) is 9.55 Å². The van der Waals surface area contributed by atoms with Gasteiger partial charge in [-0.05, 0) is 18.1 Å². The predicted molar refractivity (Wildman–Crippen MR) is 89.3 cm³/mol. The van der Waals surface area contributed by atoms with Gasteiger partial charge in [0, 0.05) is 12.3 Å². The monoisotopic (exact) mass is 360 g/mol. The lowest BCUT2D eigenvalue weighted by molar-refractivity contribution is -0.0479. The van der Waals surface area contributed by atoms with Gasteiger partial charge in [-0.25, -0.2) is 9.18 Å². The lowest BCUT2D eigenvalue weighted by atomic mass is 10.1. The molecule has 1 saturated heterocycles. The van der Waals surface area contributed by atoms with Crippen molar-refractivity contribution in [3.63, 3.8) is 0 Å². The Balaban J connectivity index is 2.31. The number of aliphatic hydroxyl groups is 1. The minimum absolute atomic E-state index is 0.139. The van der Waals surface area contributed by atoms with Gasteiger partial charge < -0.3 is 14.3 Å². The third-order valence-corrected chi connectivity index (χ3v) is 9.28. The van der Waals surface area contributed by atoms with Crippen LogP contribution in [0, 0.1) is 0 Å². The van der Waals surface area contributed by atoms with E-state index < -0.39 is 50.8 Å². The van der Waals surface area contributed by atoms with Crippen molar-refractivity contribution >= 4 is 8.32 Å². The molecular weight excluding hydrogens is 335 g/mol. The molecule has 24 heavy (non-hydrogen) atoms. The number of hydrogen-bond donors (Lipinski definition) is 2. The number of nitrogens with one attached hydrogen (secondary N) is 1. The van der Waals surface area contributed by atoms with Crippen LogP contribution in [0.2, 0.25) is 18.1 Å². The molecule has 136 valence electrons. The van der Waals surface area contributed by atoms with Crippen LogP contribution in [0.1, 0.15) is 27.0 Å². The number of alkyl halides is 1. The molecule has 1 aromatic heterocycles. The Kier molecular flexibility index (Phi) is 5.19. The largest absolute Gasteiger partial charge is 0.408 e. The number of rotatable bonds is 4. The second-order valence-corrected chi connectivity index (χ2v) is 12.3. The minimum Gasteiger partial charge on any atom is -0.408 e. The summed E-state index contributed by atoms with van der Waals surface area (Å²) < 4.78 is 27.6. The first-order valence-corrected chi connectivity index (χ1v) is 10.8. The van der Waals surface area contributed by atoms with E-state index in [2.05, 4.69) is 4.98 Å². The van der Waals surface area contributed by atoms with E-state index in [4.69, 9.17) is 9.16 Å². The van der Waals surface area contributed by atoms with Gasteiger partial charge in [-0.2, -0.15) is 0 Å². The van der Waals surface area contributed by atoms with E-state index in [0.29, 0.717) is 0 Å². The normalized spacial score (nSPS) is 28.3. The molecule has 2 heterocycles. The van der Waals surface area contributed by atoms with E-state index in [1.165, 1.54) is 6.20 Å². The predicted octanol–water partition coefficient (Wildman–Crippen LogP) is 1.15. The number of H-pyrrole nitrogens is 1. The van der Waals surface area contributed by atoms with Gasteiger partial charge in [0.15, 0.2) is 20.7 Å². The van der Waals surface area contributed by atoms with Crippen molar-refractivity contribution < 1.29 is 18.7 Å². The lowest BCUT2D eigenvalue weighted by Gasteiger charge is -2.39. The number of halogens is 1. The van der Waals surface area contributed by atoms with Crippen LogP contribution >= 0.6 is 0 Å². The number of aromatic nitrogens is 2. The highest BCUT2D eigenvalue weighted by atomic mass is 28.4. The zero-order chi connectivity index (χ0) is 18.3. The van der Waals surface area contributed by atoms with Crippen molar-refractivity contribution in [3.8, 4) is 0 Å². The number of aliphatic hydroxyl groups excluding tert-OH is 1. The third kappa shape index (κ3) is 3.53. The first kappa shape index (κ1) is 19.0. The van der Waals surface area contributed by atoms with E-state index in [0.717, 1.165) is 10.6 Å². The van der Waals surface area contributed by atoms with Crippen LogP contribution in [0.15, 0.2) is 21.9 Å². The maximum Gasteiger partial charge on any atom is 0.330 e. The van der Waals surface area contributed by atoms with Gasteiger partial charge in [0.25, 0.3) is 5.56 Å². The summed E-state index contributed by atoms with van der Waals surface area (Å²) >= 11 is 0. The Morgan fingerprint density at radius 2 is 2.04 bits per heavy atom. The topological polar surface area (TPSA) is 93.6 Å². The molecule has 2 rings (SSSR count). The molecular formula is C15H25FN2O5Si. The molecule has 1 unspecified atom stereocenters. The van der Waals surface area contributed by atoms with Crippen LogP contribution in [0.25, 0.3) is 0 Å². The minimum atomic E-state index is -2.30. The van der Waals surface area contributed by atoms with Gasteiger partial charge >= 0.3 is 5.69 Å². The standard InChI is InChI=1S/C15H25FN2O5Si/c1-15(2,3)24(4,5)23-12-9(8-19)22-13(11(12)16)18-7-6-10(20)17-14(18)21/h6-7,9,11-13,19H,8H2,1-5H3,(H,17,20,21)/t9-,11-,12?,13-/m1/s1. The molecule has 0 saturated carbocycles. The molecule has 0 bridgehead atoms. The summed E-state index contributed by atoms with van der Waals surface area (Å²) in [5.41, 5.74) is -1.34. The van der Waals surface area contributed by atoms with Gasteiger partial charge in [-0.3, -0.25) is 14.3 Å². The van der Waals surface area contributed by atoms with E-state index in [9.17, 15) is 19.1 Å². The molecule has 0 aromatic carbocycles. The quantitative estimate of drug-likeness (QED) is 0.786. The highest BCUT2D eigenvalue weighted by Gasteiger charge is 2.51. The molecule has 1 aliphatic heterocycles. The van der Waals surface area contributed by atoms with Crippen LogP contribution < -0.4 is 11.2 Å². The zero-order valence-electron chi connectivity index (χ0n) is 14.6. The Hall–Kier alpha value is -1.29. The Bertz CT molecular complexity index is 696. The van der Waals surface area contributed by atoms with Crippen molar-refractivity contribution in [2.75, 3.05) is 6.61 Å². The summed E-state index contributed by atoms with van der Waals surface area (Å²) in [5.74, 6) is 0. The molecule has 9 heteroatoms. The molecule has 4 atom stereocenters. The average Bonchev–Trinajstić information content (AvgIpc) is 2.74. The summed E-state index contributed by atoms with van der Waals surface area (Å²) in [4.78, 5) is 25.1. The molecule has 0 aliphatic carbocycles.